The first-order valence-electron chi connectivity index (χ1n) is 6.73. The topological polar surface area (TPSA) is 0 Å². The second-order valence-corrected chi connectivity index (χ2v) is 6.09. The van der Waals surface area contributed by atoms with Crippen LogP contribution in [0.3, 0.4) is 0 Å². The number of unbranched alkanes of at least 4 members (excludes halogenated alkanes) is 1. The van der Waals surface area contributed by atoms with Crippen LogP contribution in [0.2, 0.25) is 0 Å². The van der Waals surface area contributed by atoms with Crippen molar-refractivity contribution in [3.05, 3.63) is 65.7 Å². The van der Waals surface area contributed by atoms with E-state index < -0.39 is 0 Å². The summed E-state index contributed by atoms with van der Waals surface area (Å²) in [5.41, 5.74) is 2.38. The van der Waals surface area contributed by atoms with Crippen LogP contribution in [0, 0.1) is 0 Å². The van der Waals surface area contributed by atoms with Gasteiger partial charge >= 0.3 is 0 Å². The Kier molecular flexibility index (Phi) is 5.81. The Morgan fingerprint density at radius 1 is 1.00 bits per heavy atom. The number of hydrogen-bond acceptors (Lipinski definition) is 1. The van der Waals surface area contributed by atoms with Crippen LogP contribution in [0.1, 0.15) is 36.3 Å². The molecule has 0 aliphatic rings. The van der Waals surface area contributed by atoms with Gasteiger partial charge in [0.2, 0.25) is 0 Å². The Morgan fingerprint density at radius 3 is 2.42 bits per heavy atom. The molecule has 2 heteroatoms. The van der Waals surface area contributed by atoms with Crippen LogP contribution >= 0.6 is 23.4 Å². The Bertz CT molecular complexity index is 496. The van der Waals surface area contributed by atoms with Gasteiger partial charge in [0.15, 0.2) is 0 Å². The molecule has 0 fully saturated rings. The number of rotatable bonds is 6. The summed E-state index contributed by atoms with van der Waals surface area (Å²) in [7, 11) is 0. The van der Waals surface area contributed by atoms with Crippen molar-refractivity contribution in [1.29, 1.82) is 0 Å². The molecule has 100 valence electrons. The van der Waals surface area contributed by atoms with E-state index in [0.29, 0.717) is 0 Å². The zero-order valence-electron chi connectivity index (χ0n) is 11.2. The Balaban J connectivity index is 2.19. The number of benzene rings is 2. The van der Waals surface area contributed by atoms with Crippen molar-refractivity contribution in [3.8, 4) is 0 Å². The minimum absolute atomic E-state index is 0.0634. The quantitative estimate of drug-likeness (QED) is 0.362. The normalized spacial score (nSPS) is 12.3. The molecule has 1 unspecified atom stereocenters. The molecular formula is C17H19ClS. The molecule has 0 spiro atoms. The van der Waals surface area contributed by atoms with Crippen molar-refractivity contribution in [3.63, 3.8) is 0 Å². The molecule has 0 heterocycles. The van der Waals surface area contributed by atoms with Crippen molar-refractivity contribution >= 4 is 23.4 Å². The molecule has 0 N–H and O–H groups in total. The van der Waals surface area contributed by atoms with E-state index in [2.05, 4.69) is 43.3 Å². The van der Waals surface area contributed by atoms with E-state index in [9.17, 15) is 0 Å². The van der Waals surface area contributed by atoms with E-state index in [1.807, 2.05) is 30.0 Å². The molecule has 0 nitrogen and oxygen atoms in total. The van der Waals surface area contributed by atoms with Crippen LogP contribution in [0.25, 0.3) is 0 Å². The maximum Gasteiger partial charge on any atom is 0.0846 e. The van der Waals surface area contributed by atoms with Crippen LogP contribution in [-0.4, -0.2) is 5.75 Å². The second-order valence-electron chi connectivity index (χ2n) is 4.51. The van der Waals surface area contributed by atoms with Gasteiger partial charge in [0.25, 0.3) is 0 Å². The predicted molar refractivity (Wildman–Crippen MR) is 86.2 cm³/mol. The van der Waals surface area contributed by atoms with Crippen LogP contribution in [0.15, 0.2) is 59.5 Å². The highest BCUT2D eigenvalue weighted by atomic mass is 35.5. The lowest BCUT2D eigenvalue weighted by Crippen LogP contribution is -1.95. The molecule has 0 aliphatic heterocycles. The summed E-state index contributed by atoms with van der Waals surface area (Å²) in [6, 6.07) is 18.7. The lowest BCUT2D eigenvalue weighted by atomic mass is 10.0. The summed E-state index contributed by atoms with van der Waals surface area (Å²) >= 11 is 8.55. The van der Waals surface area contributed by atoms with Gasteiger partial charge in [0, 0.05) is 4.90 Å². The highest BCUT2D eigenvalue weighted by molar-refractivity contribution is 7.99. The van der Waals surface area contributed by atoms with E-state index in [1.165, 1.54) is 23.3 Å². The smallest absolute Gasteiger partial charge is 0.0846 e. The molecule has 19 heavy (non-hydrogen) atoms. The highest BCUT2D eigenvalue weighted by Crippen LogP contribution is 2.35. The van der Waals surface area contributed by atoms with Gasteiger partial charge in [-0.2, -0.15) is 0 Å². The minimum Gasteiger partial charge on any atom is -0.126 e. The number of alkyl halides is 1. The molecule has 2 rings (SSSR count). The van der Waals surface area contributed by atoms with Crippen molar-refractivity contribution < 1.29 is 0 Å². The van der Waals surface area contributed by atoms with Gasteiger partial charge in [0.1, 0.15) is 0 Å². The molecule has 1 atom stereocenters. The first-order chi connectivity index (χ1) is 9.33. The summed E-state index contributed by atoms with van der Waals surface area (Å²) in [6.45, 7) is 2.22. The second kappa shape index (κ2) is 7.62. The predicted octanol–water partition coefficient (Wildman–Crippen LogP) is 5.91. The molecule has 0 radical (unpaired) electrons. The lowest BCUT2D eigenvalue weighted by molar-refractivity contribution is 0.895. The Labute approximate surface area is 125 Å². The Morgan fingerprint density at radius 2 is 1.68 bits per heavy atom. The number of thioether (sulfide) groups is 1. The summed E-state index contributed by atoms with van der Waals surface area (Å²) in [6.07, 6.45) is 2.48. The fourth-order valence-corrected chi connectivity index (χ4v) is 3.53. The molecule has 2 aromatic rings. The van der Waals surface area contributed by atoms with Gasteiger partial charge in [-0.3, -0.25) is 0 Å². The molecule has 0 saturated carbocycles. The summed E-state index contributed by atoms with van der Waals surface area (Å²) in [5.74, 6) is 1.16. The van der Waals surface area contributed by atoms with Crippen LogP contribution in [-0.2, 0) is 0 Å². The van der Waals surface area contributed by atoms with Gasteiger partial charge in [-0.05, 0) is 29.4 Å². The van der Waals surface area contributed by atoms with Crippen molar-refractivity contribution in [1.82, 2.24) is 0 Å². The average molecular weight is 291 g/mol. The first-order valence-corrected chi connectivity index (χ1v) is 8.16. The van der Waals surface area contributed by atoms with Crippen molar-refractivity contribution in [2.75, 3.05) is 5.75 Å². The van der Waals surface area contributed by atoms with E-state index in [0.717, 1.165) is 11.3 Å². The fourth-order valence-electron chi connectivity index (χ4n) is 1.95. The fraction of sp³-hybridized carbons (Fsp3) is 0.294. The van der Waals surface area contributed by atoms with E-state index >= 15 is 0 Å². The lowest BCUT2D eigenvalue weighted by Gasteiger charge is -2.14. The standard InChI is InChI=1S/C17H19ClS/c1-2-3-13-19-16-12-8-7-11-15(16)17(18)14-9-5-4-6-10-14/h4-12,17H,2-3,13H2,1H3. The minimum atomic E-state index is -0.0634. The maximum atomic E-state index is 6.64. The van der Waals surface area contributed by atoms with Gasteiger partial charge in [-0.1, -0.05) is 61.9 Å². The van der Waals surface area contributed by atoms with Crippen LogP contribution in [0.5, 0.6) is 0 Å². The molecule has 0 bridgehead atoms. The van der Waals surface area contributed by atoms with Crippen molar-refractivity contribution in [2.24, 2.45) is 0 Å². The number of hydrogen-bond donors (Lipinski definition) is 0. The zero-order valence-corrected chi connectivity index (χ0v) is 12.8. The van der Waals surface area contributed by atoms with Crippen molar-refractivity contribution in [2.45, 2.75) is 30.0 Å². The largest absolute Gasteiger partial charge is 0.126 e. The third-order valence-electron chi connectivity index (χ3n) is 3.04. The molecule has 0 saturated heterocycles. The average Bonchev–Trinajstić information content (AvgIpc) is 2.48. The third kappa shape index (κ3) is 4.02. The molecule has 0 aromatic heterocycles. The SMILES string of the molecule is CCCCSc1ccccc1C(Cl)c1ccccc1. The summed E-state index contributed by atoms with van der Waals surface area (Å²) < 4.78 is 0. The van der Waals surface area contributed by atoms with Crippen LogP contribution in [0.4, 0.5) is 0 Å². The van der Waals surface area contributed by atoms with Crippen LogP contribution < -0.4 is 0 Å². The summed E-state index contributed by atoms with van der Waals surface area (Å²) in [5, 5.41) is -0.0634. The van der Waals surface area contributed by atoms with E-state index in [1.54, 1.807) is 0 Å². The maximum absolute atomic E-state index is 6.64. The third-order valence-corrected chi connectivity index (χ3v) is 4.70. The summed E-state index contributed by atoms with van der Waals surface area (Å²) in [4.78, 5) is 1.31. The van der Waals surface area contributed by atoms with Gasteiger partial charge in [-0.25, -0.2) is 0 Å². The van der Waals surface area contributed by atoms with Gasteiger partial charge < -0.3 is 0 Å². The van der Waals surface area contributed by atoms with E-state index in [4.69, 9.17) is 11.6 Å². The van der Waals surface area contributed by atoms with Gasteiger partial charge in [0.05, 0.1) is 5.38 Å². The number of halogens is 1. The molecule has 0 amide bonds. The Hall–Kier alpha value is -0.920. The van der Waals surface area contributed by atoms with E-state index in [-0.39, 0.29) is 5.38 Å². The first kappa shape index (κ1) is 14.5. The van der Waals surface area contributed by atoms with Gasteiger partial charge in [-0.15, -0.1) is 23.4 Å². The monoisotopic (exact) mass is 290 g/mol. The molecule has 2 aromatic carbocycles. The molecule has 0 aliphatic carbocycles. The zero-order chi connectivity index (χ0) is 13.5. The molecular weight excluding hydrogens is 272 g/mol. The highest BCUT2D eigenvalue weighted by Gasteiger charge is 2.14.